The van der Waals surface area contributed by atoms with Gasteiger partial charge in [-0.15, -0.1) is 11.3 Å². The van der Waals surface area contributed by atoms with Crippen LogP contribution in [0, 0.1) is 2.88 Å². The van der Waals surface area contributed by atoms with Crippen LogP contribution in [0.1, 0.15) is 36.0 Å². The zero-order valence-corrected chi connectivity index (χ0v) is 12.8. The number of carbonyl (C=O) groups excluding carboxylic acids is 1. The van der Waals surface area contributed by atoms with Gasteiger partial charge in [-0.25, -0.2) is 0 Å². The minimum atomic E-state index is 0.143. The molecule has 1 saturated carbocycles. The summed E-state index contributed by atoms with van der Waals surface area (Å²) in [6.45, 7) is 0. The molecule has 1 aliphatic carbocycles. The van der Waals surface area contributed by atoms with Crippen LogP contribution in [-0.2, 0) is 0 Å². The quantitative estimate of drug-likeness (QED) is 0.821. The van der Waals surface area contributed by atoms with E-state index in [1.54, 1.807) is 11.3 Å². The second-order valence-electron chi connectivity index (χ2n) is 4.62. The van der Waals surface area contributed by atoms with E-state index >= 15 is 0 Å². The van der Waals surface area contributed by atoms with E-state index in [9.17, 15) is 4.79 Å². The predicted octanol–water partition coefficient (Wildman–Crippen LogP) is 2.69. The molecule has 2 N–H and O–H groups in total. The summed E-state index contributed by atoms with van der Waals surface area (Å²) in [7, 11) is 1.91. The van der Waals surface area contributed by atoms with E-state index in [-0.39, 0.29) is 5.91 Å². The molecule has 1 fully saturated rings. The van der Waals surface area contributed by atoms with Gasteiger partial charge < -0.3 is 10.6 Å². The molecule has 0 saturated heterocycles. The lowest BCUT2D eigenvalue weighted by Crippen LogP contribution is -2.41. The Labute approximate surface area is 120 Å². The molecule has 17 heavy (non-hydrogen) atoms. The fourth-order valence-electron chi connectivity index (χ4n) is 2.28. The zero-order chi connectivity index (χ0) is 12.4. The molecule has 0 spiro atoms. The van der Waals surface area contributed by atoms with Gasteiger partial charge in [-0.2, -0.15) is 0 Å². The van der Waals surface area contributed by atoms with Crippen LogP contribution in [0.5, 0.6) is 0 Å². The first-order chi connectivity index (χ1) is 8.08. The highest BCUT2D eigenvalue weighted by Gasteiger charge is 2.25. The van der Waals surface area contributed by atoms with Crippen molar-refractivity contribution in [2.75, 3.05) is 7.05 Å². The van der Waals surface area contributed by atoms with Gasteiger partial charge in [0.1, 0.15) is 0 Å². The highest BCUT2D eigenvalue weighted by atomic mass is 127. The Morgan fingerprint density at radius 3 is 2.65 bits per heavy atom. The Balaban J connectivity index is 2.00. The number of nitrogens with zero attached hydrogens (tertiary/aromatic N) is 1. The summed E-state index contributed by atoms with van der Waals surface area (Å²) in [6.07, 6.45) is 4.13. The number of amides is 1. The van der Waals surface area contributed by atoms with E-state index in [0.29, 0.717) is 12.1 Å². The van der Waals surface area contributed by atoms with Crippen molar-refractivity contribution in [3.8, 4) is 0 Å². The Morgan fingerprint density at radius 1 is 1.47 bits per heavy atom. The average molecular weight is 364 g/mol. The topological polar surface area (TPSA) is 46.3 Å². The fraction of sp³-hybridized carbons (Fsp3) is 0.583. The van der Waals surface area contributed by atoms with Gasteiger partial charge >= 0.3 is 0 Å². The number of hydrogen-bond acceptors (Lipinski definition) is 3. The highest BCUT2D eigenvalue weighted by Crippen LogP contribution is 2.24. The first-order valence-corrected chi connectivity index (χ1v) is 7.80. The van der Waals surface area contributed by atoms with E-state index in [1.165, 1.54) is 0 Å². The third kappa shape index (κ3) is 3.20. The molecule has 94 valence electrons. The second kappa shape index (κ2) is 5.67. The van der Waals surface area contributed by atoms with Gasteiger partial charge in [-0.3, -0.25) is 4.79 Å². The lowest BCUT2D eigenvalue weighted by molar-refractivity contribution is 0.0690. The van der Waals surface area contributed by atoms with Crippen LogP contribution in [-0.4, -0.2) is 29.9 Å². The molecule has 5 heteroatoms. The molecular weight excluding hydrogens is 347 g/mol. The highest BCUT2D eigenvalue weighted by molar-refractivity contribution is 14.1. The summed E-state index contributed by atoms with van der Waals surface area (Å²) in [4.78, 5) is 14.1. The first-order valence-electron chi connectivity index (χ1n) is 5.84. The van der Waals surface area contributed by atoms with Crippen LogP contribution in [0.25, 0.3) is 0 Å². The van der Waals surface area contributed by atoms with Crippen molar-refractivity contribution >= 4 is 39.8 Å². The lowest BCUT2D eigenvalue weighted by Gasteiger charge is -2.33. The van der Waals surface area contributed by atoms with Crippen LogP contribution >= 0.6 is 33.9 Å². The summed E-state index contributed by atoms with van der Waals surface area (Å²) < 4.78 is 1.16. The number of halogens is 1. The first kappa shape index (κ1) is 13.3. The van der Waals surface area contributed by atoms with Gasteiger partial charge in [0.15, 0.2) is 0 Å². The van der Waals surface area contributed by atoms with Gasteiger partial charge in [0.25, 0.3) is 5.91 Å². The molecule has 1 heterocycles. The Bertz CT molecular complexity index is 399. The monoisotopic (exact) mass is 364 g/mol. The molecule has 0 aliphatic heterocycles. The summed E-state index contributed by atoms with van der Waals surface area (Å²) in [5.41, 5.74) is 6.70. The molecule has 0 aromatic carbocycles. The minimum Gasteiger partial charge on any atom is -0.339 e. The van der Waals surface area contributed by atoms with Crippen LogP contribution in [0.2, 0.25) is 0 Å². The number of nitrogens with two attached hydrogens (primary N) is 1. The maximum Gasteiger partial charge on any atom is 0.254 e. The Kier molecular flexibility index (Phi) is 4.43. The van der Waals surface area contributed by atoms with Crippen LogP contribution in [0.4, 0.5) is 0 Å². The van der Waals surface area contributed by atoms with E-state index < -0.39 is 0 Å². The largest absolute Gasteiger partial charge is 0.339 e. The SMILES string of the molecule is CN(C(=O)c1csc(I)c1)C1CCC(N)CC1. The third-order valence-corrected chi connectivity index (χ3v) is 5.21. The van der Waals surface area contributed by atoms with Crippen molar-refractivity contribution < 1.29 is 4.79 Å². The summed E-state index contributed by atoms with van der Waals surface area (Å²) >= 11 is 3.86. The van der Waals surface area contributed by atoms with Crippen LogP contribution < -0.4 is 5.73 Å². The number of thiophene rings is 1. The van der Waals surface area contributed by atoms with Crippen molar-refractivity contribution in [2.24, 2.45) is 5.73 Å². The molecule has 1 aromatic rings. The van der Waals surface area contributed by atoms with Gasteiger partial charge in [-0.1, -0.05) is 0 Å². The molecule has 0 atom stereocenters. The van der Waals surface area contributed by atoms with Gasteiger partial charge in [0.05, 0.1) is 8.45 Å². The van der Waals surface area contributed by atoms with E-state index in [2.05, 4.69) is 22.6 Å². The van der Waals surface area contributed by atoms with Crippen molar-refractivity contribution in [3.63, 3.8) is 0 Å². The summed E-state index contributed by atoms with van der Waals surface area (Å²) in [6, 6.07) is 2.65. The maximum atomic E-state index is 12.2. The molecular formula is C12H17IN2OS. The van der Waals surface area contributed by atoms with Crippen molar-refractivity contribution in [2.45, 2.75) is 37.8 Å². The Morgan fingerprint density at radius 2 is 2.12 bits per heavy atom. The number of carbonyl (C=O) groups is 1. The average Bonchev–Trinajstić information content (AvgIpc) is 2.75. The molecule has 2 rings (SSSR count). The predicted molar refractivity (Wildman–Crippen MR) is 79.4 cm³/mol. The molecule has 0 radical (unpaired) electrons. The molecule has 3 nitrogen and oxygen atoms in total. The minimum absolute atomic E-state index is 0.143. The molecule has 1 amide bonds. The Hall–Kier alpha value is -0.140. The molecule has 1 aromatic heterocycles. The number of hydrogen-bond donors (Lipinski definition) is 1. The van der Waals surface area contributed by atoms with E-state index in [4.69, 9.17) is 5.73 Å². The van der Waals surface area contributed by atoms with Crippen LogP contribution in [0.15, 0.2) is 11.4 Å². The third-order valence-electron chi connectivity index (χ3n) is 3.42. The number of rotatable bonds is 2. The van der Waals surface area contributed by atoms with Crippen LogP contribution in [0.3, 0.4) is 0 Å². The second-order valence-corrected chi connectivity index (χ2v) is 7.43. The molecule has 0 unspecified atom stereocenters. The van der Waals surface area contributed by atoms with E-state index in [1.807, 2.05) is 23.4 Å². The molecule has 0 bridgehead atoms. The van der Waals surface area contributed by atoms with Crippen molar-refractivity contribution in [3.05, 3.63) is 19.9 Å². The lowest BCUT2D eigenvalue weighted by atomic mass is 9.91. The maximum absolute atomic E-state index is 12.2. The van der Waals surface area contributed by atoms with Crippen molar-refractivity contribution in [1.29, 1.82) is 0 Å². The smallest absolute Gasteiger partial charge is 0.254 e. The van der Waals surface area contributed by atoms with Gasteiger partial charge in [0, 0.05) is 24.5 Å². The van der Waals surface area contributed by atoms with Gasteiger partial charge in [-0.05, 0) is 54.3 Å². The fourth-order valence-corrected chi connectivity index (χ4v) is 3.60. The van der Waals surface area contributed by atoms with Crippen molar-refractivity contribution in [1.82, 2.24) is 4.90 Å². The molecule has 1 aliphatic rings. The standard InChI is InChI=1S/C12H17IN2OS/c1-15(10-4-2-9(14)3-5-10)12(16)8-6-11(13)17-7-8/h6-7,9-10H,2-5,14H2,1H3. The summed E-state index contributed by atoms with van der Waals surface area (Å²) in [5.74, 6) is 0.143. The normalized spacial score (nSPS) is 24.6. The zero-order valence-electron chi connectivity index (χ0n) is 9.86. The summed E-state index contributed by atoms with van der Waals surface area (Å²) in [5, 5.41) is 1.94. The van der Waals surface area contributed by atoms with E-state index in [0.717, 1.165) is 34.1 Å². The van der Waals surface area contributed by atoms with Gasteiger partial charge in [0.2, 0.25) is 0 Å².